The molecule has 48 heavy (non-hydrogen) atoms. The number of fused-ring (bicyclic) bond motifs is 1. The Labute approximate surface area is 292 Å². The molecule has 1 spiro atoms. The van der Waals surface area contributed by atoms with Crippen LogP contribution in [0.3, 0.4) is 0 Å². The topological polar surface area (TPSA) is 117 Å². The third kappa shape index (κ3) is 6.50. The molecule has 1 N–H and O–H groups in total. The largest absolute Gasteiger partial charge is 0.455 e. The average Bonchev–Trinajstić information content (AvgIpc) is 3.70. The second-order valence-electron chi connectivity index (χ2n) is 13.9. The quantitative estimate of drug-likeness (QED) is 0.170. The summed E-state index contributed by atoms with van der Waals surface area (Å²) < 4.78 is 13.0. The highest BCUT2D eigenvalue weighted by Crippen LogP contribution is 2.61. The molecule has 11 heteroatoms. The number of ether oxygens (including phenoxy) is 2. The first-order valence-corrected chi connectivity index (χ1v) is 18.2. The lowest BCUT2D eigenvalue weighted by Gasteiger charge is -2.42. The van der Waals surface area contributed by atoms with Gasteiger partial charge in [-0.3, -0.25) is 19.2 Å². The Kier molecular flexibility index (Phi) is 11.5. The molecule has 2 bridgehead atoms. The zero-order valence-electron chi connectivity index (χ0n) is 28.3. The molecule has 1 aromatic carbocycles. The van der Waals surface area contributed by atoms with Gasteiger partial charge in [0.15, 0.2) is 0 Å². The van der Waals surface area contributed by atoms with Crippen LogP contribution in [0.5, 0.6) is 0 Å². The summed E-state index contributed by atoms with van der Waals surface area (Å²) in [6, 6.07) is 7.05. The summed E-state index contributed by atoms with van der Waals surface area (Å²) in [6.45, 7) is 11.2. The number of allylic oxidation sites excluding steroid dienone is 1. The lowest BCUT2D eigenvalue weighted by atomic mass is 9.70. The zero-order chi connectivity index (χ0) is 34.7. The molecule has 3 saturated heterocycles. The fourth-order valence-electron chi connectivity index (χ4n) is 8.41. The van der Waals surface area contributed by atoms with Gasteiger partial charge in [0.05, 0.1) is 36.6 Å². The van der Waals surface area contributed by atoms with Gasteiger partial charge in [0.2, 0.25) is 17.7 Å². The van der Waals surface area contributed by atoms with E-state index in [0.29, 0.717) is 24.9 Å². The van der Waals surface area contributed by atoms with E-state index in [-0.39, 0.29) is 41.6 Å². The number of alkyl halides is 1. The summed E-state index contributed by atoms with van der Waals surface area (Å²) in [4.78, 5) is 61.3. The second kappa shape index (κ2) is 15.3. The molecule has 1 unspecified atom stereocenters. The van der Waals surface area contributed by atoms with Gasteiger partial charge in [-0.1, -0.05) is 77.7 Å². The molecule has 3 heterocycles. The van der Waals surface area contributed by atoms with Crippen molar-refractivity contribution in [3.05, 3.63) is 61.2 Å². The molecule has 3 aliphatic heterocycles. The number of rotatable bonds is 14. The van der Waals surface area contributed by atoms with Gasteiger partial charge >= 0.3 is 5.97 Å². The van der Waals surface area contributed by atoms with Crippen LogP contribution in [-0.4, -0.2) is 104 Å². The Morgan fingerprint density at radius 2 is 1.83 bits per heavy atom. The molecule has 4 aliphatic rings. The van der Waals surface area contributed by atoms with Crippen LogP contribution in [0.4, 0.5) is 0 Å². The average molecular weight is 729 g/mol. The summed E-state index contributed by atoms with van der Waals surface area (Å²) in [5.74, 6) is -3.31. The molecule has 1 aromatic rings. The fraction of sp³-hybridized carbons (Fsp3) is 0.622. The molecule has 5 rings (SSSR count). The maximum Gasteiger partial charge on any atom is 0.313 e. The highest BCUT2D eigenvalue weighted by atomic mass is 79.9. The Morgan fingerprint density at radius 1 is 1.15 bits per heavy atom. The molecule has 1 saturated carbocycles. The number of likely N-dealkylation sites (tertiary alicyclic amines) is 1. The van der Waals surface area contributed by atoms with Crippen LogP contribution in [0.15, 0.2) is 55.6 Å². The summed E-state index contributed by atoms with van der Waals surface area (Å²) in [5, 5.41) is 10.3. The number of aliphatic hydroxyl groups excluding tert-OH is 1. The minimum absolute atomic E-state index is 0.0134. The van der Waals surface area contributed by atoms with E-state index in [1.165, 1.54) is 4.90 Å². The first-order chi connectivity index (χ1) is 23.0. The van der Waals surface area contributed by atoms with Crippen LogP contribution in [0.1, 0.15) is 76.9 Å². The summed E-state index contributed by atoms with van der Waals surface area (Å²) in [7, 11) is 1.69. The second-order valence-corrected chi connectivity index (χ2v) is 15.0. The van der Waals surface area contributed by atoms with Crippen molar-refractivity contribution in [2.24, 2.45) is 11.8 Å². The highest BCUT2D eigenvalue weighted by molar-refractivity contribution is 9.09. The van der Waals surface area contributed by atoms with Gasteiger partial charge in [0.1, 0.15) is 17.7 Å². The van der Waals surface area contributed by atoms with Gasteiger partial charge in [-0.25, -0.2) is 0 Å². The van der Waals surface area contributed by atoms with Gasteiger partial charge in [0.25, 0.3) is 0 Å². The first kappa shape index (κ1) is 36.3. The lowest BCUT2D eigenvalue weighted by Crippen LogP contribution is -2.60. The van der Waals surface area contributed by atoms with Crippen LogP contribution in [0.2, 0.25) is 0 Å². The van der Waals surface area contributed by atoms with E-state index in [1.54, 1.807) is 31.0 Å². The number of carbonyl (C=O) groups is 4. The molecular weight excluding hydrogens is 678 g/mol. The number of halogens is 1. The number of esters is 1. The number of carbonyl (C=O) groups excluding carboxylic acids is 4. The predicted octanol–water partition coefficient (Wildman–Crippen LogP) is 4.56. The number of hydrogen-bond acceptors (Lipinski definition) is 7. The third-order valence-electron chi connectivity index (χ3n) is 11.0. The van der Waals surface area contributed by atoms with Crippen LogP contribution in [-0.2, 0) is 28.7 Å². The minimum Gasteiger partial charge on any atom is -0.455 e. The third-order valence-corrected chi connectivity index (χ3v) is 11.8. The van der Waals surface area contributed by atoms with E-state index < -0.39 is 53.7 Å². The number of hydrogen-bond donors (Lipinski definition) is 1. The summed E-state index contributed by atoms with van der Waals surface area (Å²) in [5.41, 5.74) is -0.566. The first-order valence-electron chi connectivity index (χ1n) is 17.3. The molecule has 9 atom stereocenters. The van der Waals surface area contributed by atoms with Crippen LogP contribution < -0.4 is 0 Å². The SMILES string of the molecule is C=CCCC(=O)N(C)[C@@H](C)[C@@H](OC(=O)[C@H]1[C@@H]2O[C@@]3(CC2Br)[C@@H]1C(=O)N([C@H](C)CO)[C@@H]3C(=O)N(CC=C)C1CCCCC1)c1ccccc1. The lowest BCUT2D eigenvalue weighted by molar-refractivity contribution is -0.165. The molecule has 4 fully saturated rings. The van der Waals surface area contributed by atoms with Crippen molar-refractivity contribution in [1.82, 2.24) is 14.7 Å². The van der Waals surface area contributed by atoms with Gasteiger partial charge < -0.3 is 29.3 Å². The van der Waals surface area contributed by atoms with E-state index >= 15 is 0 Å². The van der Waals surface area contributed by atoms with Gasteiger partial charge in [-0.15, -0.1) is 13.2 Å². The molecule has 262 valence electrons. The monoisotopic (exact) mass is 727 g/mol. The van der Waals surface area contributed by atoms with Crippen LogP contribution in [0.25, 0.3) is 0 Å². The minimum atomic E-state index is -1.28. The van der Waals surface area contributed by atoms with E-state index in [0.717, 1.165) is 32.1 Å². The Morgan fingerprint density at radius 3 is 2.46 bits per heavy atom. The molecule has 3 amide bonds. The van der Waals surface area contributed by atoms with Crippen LogP contribution in [0, 0.1) is 11.8 Å². The molecule has 0 aromatic heterocycles. The maximum absolute atomic E-state index is 14.7. The predicted molar refractivity (Wildman–Crippen MR) is 185 cm³/mol. The summed E-state index contributed by atoms with van der Waals surface area (Å²) in [6.07, 6.45) is 7.94. The highest BCUT2D eigenvalue weighted by Gasteiger charge is 2.77. The number of amides is 3. The molecular formula is C37H50BrN3O7. The number of aliphatic hydroxyl groups is 1. The van der Waals surface area contributed by atoms with Gasteiger partial charge in [-0.05, 0) is 45.1 Å². The van der Waals surface area contributed by atoms with Crippen molar-refractivity contribution >= 4 is 39.6 Å². The van der Waals surface area contributed by atoms with Gasteiger partial charge in [-0.2, -0.15) is 0 Å². The molecule has 1 aliphatic carbocycles. The fourth-order valence-corrected chi connectivity index (χ4v) is 9.35. The molecule has 0 radical (unpaired) electrons. The number of likely N-dealkylation sites (N-methyl/N-ethyl adjacent to an activating group) is 1. The Bertz CT molecular complexity index is 1370. The van der Waals surface area contributed by atoms with Crippen molar-refractivity contribution in [2.75, 3.05) is 20.2 Å². The Hall–Kier alpha value is -3.02. The van der Waals surface area contributed by atoms with Gasteiger partial charge in [0, 0.05) is 30.9 Å². The van der Waals surface area contributed by atoms with E-state index in [2.05, 4.69) is 29.1 Å². The molecule has 10 nitrogen and oxygen atoms in total. The number of benzene rings is 1. The van der Waals surface area contributed by atoms with Crippen molar-refractivity contribution < 1.29 is 33.8 Å². The maximum atomic E-state index is 14.7. The van der Waals surface area contributed by atoms with E-state index in [9.17, 15) is 24.3 Å². The normalized spacial score (nSPS) is 29.9. The smallest absolute Gasteiger partial charge is 0.313 e. The van der Waals surface area contributed by atoms with Crippen molar-refractivity contribution in [3.63, 3.8) is 0 Å². The van der Waals surface area contributed by atoms with Crippen molar-refractivity contribution in [1.29, 1.82) is 0 Å². The Balaban J connectivity index is 1.49. The zero-order valence-corrected chi connectivity index (χ0v) is 29.9. The van der Waals surface area contributed by atoms with Crippen molar-refractivity contribution in [3.8, 4) is 0 Å². The number of nitrogens with zero attached hydrogens (tertiary/aromatic N) is 3. The van der Waals surface area contributed by atoms with E-state index in [4.69, 9.17) is 9.47 Å². The van der Waals surface area contributed by atoms with Crippen molar-refractivity contribution in [2.45, 2.75) is 112 Å². The van der Waals surface area contributed by atoms with E-state index in [1.807, 2.05) is 42.2 Å². The standard InChI is InChI=1S/C37H50BrN3O7/c1-6-8-19-28(43)39(5)24(4)31(25-15-11-9-12-16-25)47-36(46)29-30-34(44)41(23(3)22-42)33(37(30)21-27(38)32(29)48-37)35(45)40(20-7-2)26-17-13-10-14-18-26/h6-7,9,11-12,15-16,23-24,26-27,29-33,42H,1-2,8,10,13-14,17-22H2,3-5H3/t23-,24+,27?,29-,30+,31-,32-,33-,37+/m1/s1. The summed E-state index contributed by atoms with van der Waals surface area (Å²) >= 11 is 3.74. The van der Waals surface area contributed by atoms with Crippen LogP contribution >= 0.6 is 15.9 Å².